The molecule has 0 saturated heterocycles. The molecular formula is C13H29IN4O2. The fourth-order valence-corrected chi connectivity index (χ4v) is 1.36. The third-order valence-electron chi connectivity index (χ3n) is 2.66. The SMILES string of the molecule is CCCCN(C)C(=NCC(=O)N(C)C)NCCOC.I. The maximum Gasteiger partial charge on any atom is 0.243 e. The van der Waals surface area contributed by atoms with E-state index in [4.69, 9.17) is 4.74 Å². The van der Waals surface area contributed by atoms with Crippen molar-refractivity contribution in [1.82, 2.24) is 15.1 Å². The molecule has 7 heteroatoms. The highest BCUT2D eigenvalue weighted by Crippen LogP contribution is 1.94. The number of carbonyl (C=O) groups excluding carboxylic acids is 1. The summed E-state index contributed by atoms with van der Waals surface area (Å²) < 4.78 is 5.01. The van der Waals surface area contributed by atoms with Crippen LogP contribution in [0.5, 0.6) is 0 Å². The Morgan fingerprint density at radius 2 is 1.95 bits per heavy atom. The highest BCUT2D eigenvalue weighted by atomic mass is 127. The largest absolute Gasteiger partial charge is 0.383 e. The molecular weight excluding hydrogens is 371 g/mol. The molecule has 0 atom stereocenters. The lowest BCUT2D eigenvalue weighted by Gasteiger charge is -2.22. The van der Waals surface area contributed by atoms with Crippen molar-refractivity contribution < 1.29 is 9.53 Å². The van der Waals surface area contributed by atoms with Crippen molar-refractivity contribution in [3.05, 3.63) is 0 Å². The second kappa shape index (κ2) is 13.4. The van der Waals surface area contributed by atoms with Crippen LogP contribution in [0.1, 0.15) is 19.8 Å². The Labute approximate surface area is 140 Å². The van der Waals surface area contributed by atoms with Crippen molar-refractivity contribution in [2.24, 2.45) is 4.99 Å². The molecule has 0 aromatic rings. The molecule has 0 spiro atoms. The molecule has 0 saturated carbocycles. The van der Waals surface area contributed by atoms with Gasteiger partial charge in [-0.3, -0.25) is 4.79 Å². The van der Waals surface area contributed by atoms with Crippen LogP contribution in [-0.2, 0) is 9.53 Å². The van der Waals surface area contributed by atoms with E-state index in [9.17, 15) is 4.79 Å². The van der Waals surface area contributed by atoms with Crippen LogP contribution in [0.3, 0.4) is 0 Å². The van der Waals surface area contributed by atoms with E-state index in [1.54, 1.807) is 26.1 Å². The summed E-state index contributed by atoms with van der Waals surface area (Å²) in [5, 5.41) is 3.20. The van der Waals surface area contributed by atoms with Gasteiger partial charge >= 0.3 is 0 Å². The molecule has 20 heavy (non-hydrogen) atoms. The van der Waals surface area contributed by atoms with E-state index in [1.165, 1.54) is 0 Å². The Morgan fingerprint density at radius 1 is 1.30 bits per heavy atom. The first-order valence-corrected chi connectivity index (χ1v) is 6.71. The van der Waals surface area contributed by atoms with Crippen LogP contribution in [0, 0.1) is 0 Å². The summed E-state index contributed by atoms with van der Waals surface area (Å²) in [6, 6.07) is 0. The van der Waals surface area contributed by atoms with Gasteiger partial charge in [-0.2, -0.15) is 0 Å². The number of nitrogens with one attached hydrogen (secondary N) is 1. The van der Waals surface area contributed by atoms with Crippen molar-refractivity contribution in [3.8, 4) is 0 Å². The van der Waals surface area contributed by atoms with Crippen molar-refractivity contribution in [1.29, 1.82) is 0 Å². The zero-order valence-electron chi connectivity index (χ0n) is 13.3. The van der Waals surface area contributed by atoms with Gasteiger partial charge in [-0.1, -0.05) is 13.3 Å². The van der Waals surface area contributed by atoms with Crippen LogP contribution in [-0.4, -0.2) is 76.2 Å². The van der Waals surface area contributed by atoms with Gasteiger partial charge in [0.1, 0.15) is 6.54 Å². The summed E-state index contributed by atoms with van der Waals surface area (Å²) >= 11 is 0. The van der Waals surface area contributed by atoms with Crippen molar-refractivity contribution in [2.75, 3.05) is 54.5 Å². The number of hydrogen-bond acceptors (Lipinski definition) is 3. The third kappa shape index (κ3) is 10.2. The van der Waals surface area contributed by atoms with E-state index in [0.717, 1.165) is 25.3 Å². The van der Waals surface area contributed by atoms with Crippen LogP contribution in [0.25, 0.3) is 0 Å². The molecule has 120 valence electrons. The summed E-state index contributed by atoms with van der Waals surface area (Å²) in [5.41, 5.74) is 0. The Kier molecular flexibility index (Phi) is 14.6. The number of methoxy groups -OCH3 is 1. The Morgan fingerprint density at radius 3 is 2.45 bits per heavy atom. The monoisotopic (exact) mass is 400 g/mol. The molecule has 0 aromatic carbocycles. The molecule has 6 nitrogen and oxygen atoms in total. The van der Waals surface area contributed by atoms with Crippen molar-refractivity contribution in [2.45, 2.75) is 19.8 Å². The molecule has 0 aliphatic heterocycles. The van der Waals surface area contributed by atoms with Crippen LogP contribution >= 0.6 is 24.0 Å². The van der Waals surface area contributed by atoms with E-state index in [0.29, 0.717) is 13.2 Å². The number of aliphatic imine (C=N–C) groups is 1. The topological polar surface area (TPSA) is 57.2 Å². The van der Waals surface area contributed by atoms with Gasteiger partial charge in [0.25, 0.3) is 0 Å². The van der Waals surface area contributed by atoms with Gasteiger partial charge in [0.05, 0.1) is 6.61 Å². The quantitative estimate of drug-likeness (QED) is 0.286. The Balaban J connectivity index is 0. The lowest BCUT2D eigenvalue weighted by atomic mass is 10.3. The molecule has 0 aliphatic rings. The zero-order valence-corrected chi connectivity index (χ0v) is 15.6. The molecule has 0 radical (unpaired) electrons. The van der Waals surface area contributed by atoms with Crippen LogP contribution < -0.4 is 5.32 Å². The molecule has 0 bridgehead atoms. The fourth-order valence-electron chi connectivity index (χ4n) is 1.36. The van der Waals surface area contributed by atoms with Gasteiger partial charge in [-0.25, -0.2) is 4.99 Å². The number of amides is 1. The van der Waals surface area contributed by atoms with E-state index >= 15 is 0 Å². The highest BCUT2D eigenvalue weighted by molar-refractivity contribution is 14.0. The number of unbranched alkanes of at least 4 members (excludes halogenated alkanes) is 1. The van der Waals surface area contributed by atoms with Gasteiger partial charge in [0.15, 0.2) is 5.96 Å². The highest BCUT2D eigenvalue weighted by Gasteiger charge is 2.08. The van der Waals surface area contributed by atoms with Gasteiger partial charge in [-0.05, 0) is 6.42 Å². The molecule has 0 aromatic heterocycles. The minimum absolute atomic E-state index is 0. The Bertz CT molecular complexity index is 286. The second-order valence-electron chi connectivity index (χ2n) is 4.62. The average molecular weight is 400 g/mol. The molecule has 0 fully saturated rings. The second-order valence-corrected chi connectivity index (χ2v) is 4.62. The minimum Gasteiger partial charge on any atom is -0.383 e. The maximum absolute atomic E-state index is 11.6. The lowest BCUT2D eigenvalue weighted by molar-refractivity contribution is -0.127. The van der Waals surface area contributed by atoms with E-state index in [-0.39, 0.29) is 36.4 Å². The molecule has 0 heterocycles. The summed E-state index contributed by atoms with van der Waals surface area (Å²) in [6.45, 7) is 4.53. The van der Waals surface area contributed by atoms with E-state index in [2.05, 4.69) is 17.2 Å². The fraction of sp³-hybridized carbons (Fsp3) is 0.846. The first kappa shape index (κ1) is 21.7. The van der Waals surface area contributed by atoms with Gasteiger partial charge in [0.2, 0.25) is 5.91 Å². The number of halogens is 1. The van der Waals surface area contributed by atoms with Crippen molar-refractivity contribution >= 4 is 35.8 Å². The number of ether oxygens (including phenoxy) is 1. The van der Waals surface area contributed by atoms with E-state index < -0.39 is 0 Å². The first-order valence-electron chi connectivity index (χ1n) is 6.71. The van der Waals surface area contributed by atoms with Gasteiger partial charge in [0, 0.05) is 41.3 Å². The Hall–Kier alpha value is -0.570. The smallest absolute Gasteiger partial charge is 0.243 e. The number of carbonyl (C=O) groups is 1. The number of rotatable bonds is 8. The van der Waals surface area contributed by atoms with Crippen LogP contribution in [0.2, 0.25) is 0 Å². The summed E-state index contributed by atoms with van der Waals surface area (Å²) in [6.07, 6.45) is 2.23. The molecule has 1 N–H and O–H groups in total. The molecule has 0 rings (SSSR count). The molecule has 0 unspecified atom stereocenters. The first-order chi connectivity index (χ1) is 9.02. The number of nitrogens with zero attached hydrogens (tertiary/aromatic N) is 3. The number of hydrogen-bond donors (Lipinski definition) is 1. The maximum atomic E-state index is 11.6. The van der Waals surface area contributed by atoms with Crippen molar-refractivity contribution in [3.63, 3.8) is 0 Å². The minimum atomic E-state index is -0.00469. The predicted molar refractivity (Wildman–Crippen MR) is 93.8 cm³/mol. The normalized spacial score (nSPS) is 10.8. The summed E-state index contributed by atoms with van der Waals surface area (Å²) in [4.78, 5) is 19.5. The predicted octanol–water partition coefficient (Wildman–Crippen LogP) is 1.02. The third-order valence-corrected chi connectivity index (χ3v) is 2.66. The molecule has 0 aliphatic carbocycles. The van der Waals surface area contributed by atoms with Crippen LogP contribution in [0.15, 0.2) is 4.99 Å². The van der Waals surface area contributed by atoms with Gasteiger partial charge in [-0.15, -0.1) is 24.0 Å². The average Bonchev–Trinajstić information content (AvgIpc) is 2.39. The summed E-state index contributed by atoms with van der Waals surface area (Å²) in [5.74, 6) is 0.746. The summed E-state index contributed by atoms with van der Waals surface area (Å²) in [7, 11) is 7.11. The van der Waals surface area contributed by atoms with E-state index in [1.807, 2.05) is 11.9 Å². The number of guanidine groups is 1. The van der Waals surface area contributed by atoms with Crippen LogP contribution in [0.4, 0.5) is 0 Å². The molecule has 1 amide bonds. The lowest BCUT2D eigenvalue weighted by Crippen LogP contribution is -2.41. The van der Waals surface area contributed by atoms with Gasteiger partial charge < -0.3 is 19.9 Å². The number of likely N-dealkylation sites (N-methyl/N-ethyl adjacent to an activating group) is 1. The zero-order chi connectivity index (χ0) is 14.7. The standard InChI is InChI=1S/C13H28N4O2.HI/c1-6-7-9-17(4)13(14-8-10-19-5)15-11-12(18)16(2)3;/h6-11H2,1-5H3,(H,14,15);1H.